The Balaban J connectivity index is 1.49. The van der Waals surface area contributed by atoms with Gasteiger partial charge in [0.05, 0.1) is 48.1 Å². The van der Waals surface area contributed by atoms with Crippen LogP contribution in [0.25, 0.3) is 55.8 Å². The van der Waals surface area contributed by atoms with Crippen LogP contribution in [-0.4, -0.2) is 68.0 Å². The minimum atomic E-state index is -3.78. The van der Waals surface area contributed by atoms with Crippen LogP contribution in [0, 0.1) is 5.82 Å². The maximum absolute atomic E-state index is 14.9. The number of halogens is 1. The summed E-state index contributed by atoms with van der Waals surface area (Å²) in [5, 5.41) is 13.5. The Hall–Kier alpha value is -5.47. The molecule has 1 unspecified atom stereocenters. The molecule has 5 heterocycles. The van der Waals surface area contributed by atoms with Crippen LogP contribution in [0.4, 0.5) is 10.1 Å². The van der Waals surface area contributed by atoms with Crippen molar-refractivity contribution in [3.8, 4) is 45.6 Å². The number of pyridine rings is 2. The second-order valence-corrected chi connectivity index (χ2v) is 13.0. The zero-order chi connectivity index (χ0) is 33.2. The fourth-order valence-electron chi connectivity index (χ4n) is 5.87. The lowest BCUT2D eigenvalue weighted by atomic mass is 10.0. The number of carbonyl (C=O) groups excluding carboxylic acids is 1. The van der Waals surface area contributed by atoms with Crippen LogP contribution in [0.3, 0.4) is 0 Å². The molecular formula is C33H28FN5O7S. The van der Waals surface area contributed by atoms with Crippen molar-refractivity contribution in [1.29, 1.82) is 0 Å². The summed E-state index contributed by atoms with van der Waals surface area (Å²) in [4.78, 5) is 22.5. The average molecular weight is 658 g/mol. The molecule has 7 rings (SSSR count). The van der Waals surface area contributed by atoms with Gasteiger partial charge in [-0.25, -0.2) is 22.8 Å². The number of carbonyl (C=O) groups is 1. The third kappa shape index (κ3) is 4.84. The minimum Gasteiger partial charge on any atom is -0.481 e. The number of rotatable bonds is 7. The summed E-state index contributed by atoms with van der Waals surface area (Å²) in [5.41, 5.74) is 3.31. The number of aliphatic hydroxyl groups excluding tert-OH is 1. The van der Waals surface area contributed by atoms with Gasteiger partial charge in [0.2, 0.25) is 15.9 Å². The molecule has 0 bridgehead atoms. The van der Waals surface area contributed by atoms with Crippen LogP contribution in [0.1, 0.15) is 16.6 Å². The molecule has 0 aliphatic carbocycles. The molecule has 0 radical (unpaired) electrons. The highest BCUT2D eigenvalue weighted by molar-refractivity contribution is 7.92. The highest BCUT2D eigenvalue weighted by Crippen LogP contribution is 2.45. The number of benzene rings is 2. The largest absolute Gasteiger partial charge is 0.481 e. The van der Waals surface area contributed by atoms with Gasteiger partial charge in [0.1, 0.15) is 28.6 Å². The van der Waals surface area contributed by atoms with Gasteiger partial charge in [-0.3, -0.25) is 9.10 Å². The van der Waals surface area contributed by atoms with Gasteiger partial charge in [0.25, 0.3) is 5.91 Å². The van der Waals surface area contributed by atoms with Crippen LogP contribution >= 0.6 is 0 Å². The first kappa shape index (κ1) is 30.2. The predicted octanol–water partition coefficient (Wildman–Crippen LogP) is 4.96. The molecule has 1 amide bonds. The fraction of sp³-hybridized carbons (Fsp3) is 0.182. The van der Waals surface area contributed by atoms with E-state index >= 15 is 0 Å². The van der Waals surface area contributed by atoms with Gasteiger partial charge < -0.3 is 28.9 Å². The Morgan fingerprint density at radius 1 is 1.15 bits per heavy atom. The number of sulfonamides is 1. The number of hydrogen-bond donors (Lipinski definition) is 2. The SMILES string of the molecule is CNC(=O)c1c(-c2ccc(OC)nc2)oc2cc(N(C)S(C)(=O)=O)c(-c3ccc4c(n3)-c3cc5c(F)cccc5n3C(CO)O4)cc12. The third-order valence-electron chi connectivity index (χ3n) is 8.22. The van der Waals surface area contributed by atoms with E-state index in [0.29, 0.717) is 56.1 Å². The topological polar surface area (TPSA) is 149 Å². The fourth-order valence-corrected chi connectivity index (χ4v) is 6.37. The number of aliphatic hydroxyl groups is 1. The van der Waals surface area contributed by atoms with Gasteiger partial charge in [0.15, 0.2) is 6.23 Å². The third-order valence-corrected chi connectivity index (χ3v) is 9.41. The molecule has 1 aliphatic heterocycles. The highest BCUT2D eigenvalue weighted by atomic mass is 32.2. The van der Waals surface area contributed by atoms with Crippen molar-refractivity contribution in [3.63, 3.8) is 0 Å². The summed E-state index contributed by atoms with van der Waals surface area (Å²) in [6.45, 7) is -0.372. The zero-order valence-corrected chi connectivity index (χ0v) is 26.4. The summed E-state index contributed by atoms with van der Waals surface area (Å²) >= 11 is 0. The first-order chi connectivity index (χ1) is 22.5. The lowest BCUT2D eigenvalue weighted by molar-refractivity contribution is 0.0609. The maximum Gasteiger partial charge on any atom is 0.255 e. The highest BCUT2D eigenvalue weighted by Gasteiger charge is 2.31. The Bertz CT molecular complexity index is 2330. The monoisotopic (exact) mass is 657 g/mol. The van der Waals surface area contributed by atoms with Crippen molar-refractivity contribution in [2.45, 2.75) is 6.23 Å². The molecule has 0 saturated heterocycles. The van der Waals surface area contributed by atoms with E-state index in [1.807, 2.05) is 0 Å². The number of aromatic nitrogens is 3. The number of nitrogens with zero attached hydrogens (tertiary/aromatic N) is 4. The van der Waals surface area contributed by atoms with E-state index in [1.165, 1.54) is 33.5 Å². The Kier molecular flexibility index (Phi) is 7.13. The average Bonchev–Trinajstić information content (AvgIpc) is 3.66. The lowest BCUT2D eigenvalue weighted by Crippen LogP contribution is -2.26. The molecule has 0 saturated carbocycles. The van der Waals surface area contributed by atoms with Crippen molar-refractivity contribution in [1.82, 2.24) is 19.9 Å². The summed E-state index contributed by atoms with van der Waals surface area (Å²) in [6, 6.07) is 16.2. The van der Waals surface area contributed by atoms with Gasteiger partial charge in [0, 0.05) is 54.3 Å². The first-order valence-electron chi connectivity index (χ1n) is 14.4. The molecule has 6 aromatic rings. The number of nitrogens with one attached hydrogen (secondary N) is 1. The number of methoxy groups -OCH3 is 1. The van der Waals surface area contributed by atoms with Gasteiger partial charge in [-0.2, -0.15) is 0 Å². The lowest BCUT2D eigenvalue weighted by Gasteiger charge is -2.28. The second-order valence-electron chi connectivity index (χ2n) is 10.9. The van der Waals surface area contributed by atoms with E-state index in [-0.39, 0.29) is 29.2 Å². The molecule has 1 aliphatic rings. The molecule has 12 nitrogen and oxygen atoms in total. The smallest absolute Gasteiger partial charge is 0.255 e. The van der Waals surface area contributed by atoms with E-state index in [9.17, 15) is 22.7 Å². The molecule has 0 fully saturated rings. The Morgan fingerprint density at radius 2 is 1.96 bits per heavy atom. The van der Waals surface area contributed by atoms with E-state index in [0.717, 1.165) is 10.6 Å². The number of hydrogen-bond acceptors (Lipinski definition) is 9. The first-order valence-corrected chi connectivity index (χ1v) is 16.2. The second kappa shape index (κ2) is 11.1. The summed E-state index contributed by atoms with van der Waals surface area (Å²) in [5.74, 6) is 0.0866. The molecule has 14 heteroatoms. The molecule has 4 aromatic heterocycles. The molecular weight excluding hydrogens is 629 g/mol. The molecule has 2 aromatic carbocycles. The summed E-state index contributed by atoms with van der Waals surface area (Å²) < 4.78 is 60.8. The van der Waals surface area contributed by atoms with Crippen LogP contribution in [0.2, 0.25) is 0 Å². The zero-order valence-electron chi connectivity index (χ0n) is 25.6. The molecule has 1 atom stereocenters. The van der Waals surface area contributed by atoms with Crippen molar-refractivity contribution >= 4 is 43.5 Å². The number of furan rings is 1. The maximum atomic E-state index is 14.9. The summed E-state index contributed by atoms with van der Waals surface area (Å²) in [7, 11) is 0.619. The van der Waals surface area contributed by atoms with Crippen molar-refractivity contribution in [2.24, 2.45) is 0 Å². The Labute approximate surface area is 268 Å². The van der Waals surface area contributed by atoms with Gasteiger partial charge in [-0.15, -0.1) is 0 Å². The predicted molar refractivity (Wildman–Crippen MR) is 174 cm³/mol. The van der Waals surface area contributed by atoms with Gasteiger partial charge in [-0.1, -0.05) is 6.07 Å². The van der Waals surface area contributed by atoms with E-state index in [1.54, 1.807) is 59.2 Å². The van der Waals surface area contributed by atoms with Gasteiger partial charge >= 0.3 is 0 Å². The number of ether oxygens (including phenoxy) is 2. The molecule has 47 heavy (non-hydrogen) atoms. The minimum absolute atomic E-state index is 0.215. The standard InChI is InChI=1S/C33H28FN5O7S/c1-35-33(41)30-20-12-19(24(38(2)47(4,42)43)14-27(20)46-32(30)17-8-11-28(44-3)36-15-17)22-9-10-26-31(37-22)25-13-18-21(34)6-5-7-23(18)39(25)29(16-40)45-26/h5-15,29,40H,16H2,1-4H3,(H,35,41). The van der Waals surface area contributed by atoms with Crippen molar-refractivity contribution in [3.05, 3.63) is 78.2 Å². The quantitative estimate of drug-likeness (QED) is 0.243. The normalized spacial score (nSPS) is 14.0. The van der Waals surface area contributed by atoms with Crippen LogP contribution in [-0.2, 0) is 10.0 Å². The summed E-state index contributed by atoms with van der Waals surface area (Å²) in [6.07, 6.45) is 1.77. The van der Waals surface area contributed by atoms with Crippen LogP contribution in [0.15, 0.2) is 71.3 Å². The van der Waals surface area contributed by atoms with Crippen LogP contribution < -0.4 is 19.1 Å². The van der Waals surface area contributed by atoms with E-state index in [4.69, 9.17) is 18.9 Å². The van der Waals surface area contributed by atoms with Crippen molar-refractivity contribution in [2.75, 3.05) is 38.4 Å². The Morgan fingerprint density at radius 3 is 2.64 bits per heavy atom. The molecule has 2 N–H and O–H groups in total. The van der Waals surface area contributed by atoms with E-state index < -0.39 is 28.0 Å². The number of fused-ring (bicyclic) bond motifs is 6. The van der Waals surface area contributed by atoms with E-state index in [2.05, 4.69) is 10.3 Å². The van der Waals surface area contributed by atoms with Gasteiger partial charge in [-0.05, 0) is 42.5 Å². The molecule has 240 valence electrons. The number of anilines is 1. The molecule has 0 spiro atoms. The van der Waals surface area contributed by atoms with Crippen molar-refractivity contribution < 1.29 is 36.6 Å². The number of amides is 1. The van der Waals surface area contributed by atoms with Crippen LogP contribution in [0.5, 0.6) is 11.6 Å².